The van der Waals surface area contributed by atoms with Crippen LogP contribution in [0.25, 0.3) is 0 Å². The molecular weight excluding hydrogens is 1850 g/mol. The quantitative estimate of drug-likeness (QED) is 0.0178. The minimum atomic E-state index is -6.09. The number of aromatic nitrogens is 8. The summed E-state index contributed by atoms with van der Waals surface area (Å²) in [6.07, 6.45) is 12.6. The van der Waals surface area contributed by atoms with Gasteiger partial charge in [-0.1, -0.05) is 83.3 Å². The number of nitrogens with zero attached hydrogens (tertiary/aromatic N) is 12. The standard InChI is InChI=1S/2C27H29N6O.CHCl3.2CHF3O3S.3ClHO4.4Mn.4O/c2*34-27(21-32(17-23-9-1-5-13-28-23)18-24-10-2-6-14-29-24)22-33(19-25-11-3-7-15-30-25)20-26-12-4-8-16-31-26;2-1(3)4;2*2-1(3,4)8(5,6)7;3*2-1(3,4)5;;;;;;;;/h2*1-16,27H,17-22H2;1H;2*(H,5,6,7);3*(H,2,3,4,5);;;;;;;;/q2*-1;;;;;;;;;;+3;4*-2/p-5. The topological polar surface area (TPSA) is 667 Å². The fraction of sp³-hybridized carbons (Fsp3) is 0.298. The fourth-order valence-corrected chi connectivity index (χ4v) is 7.77. The molecule has 0 atom stereocenters. The maximum absolute atomic E-state index is 13.3. The third kappa shape index (κ3) is 71.8. The van der Waals surface area contributed by atoms with Crippen molar-refractivity contribution in [3.05, 3.63) is 241 Å². The van der Waals surface area contributed by atoms with Crippen LogP contribution in [0.5, 0.6) is 0 Å². The van der Waals surface area contributed by atoms with Gasteiger partial charge in [0, 0.05) is 153 Å². The molecule has 0 aliphatic carbocycles. The SMILES string of the molecule is ClC(Cl)Cl.O=S(=O)([O-])C(F)(F)F.O=S(=O)([O-])C(F)(F)F.[Mn+3].[Mn].[Mn].[Mn].[O-2].[O-2].[O-2].[O-2].[O-]C(CN(Cc1ccccn1)Cc1ccccn1)CN(Cc1ccccn1)Cc1ccccn1.[O-]C(CN(Cc1ccccn1)Cc1ccccn1)CN(Cc1ccccn1)Cc1ccccn1.[O-][Cl+3]([O-])([O-])[O-].[O-][Cl+3]([O-])([O-])[O-].[O-][Cl+3]([O-])([O-])[O-]. The summed E-state index contributed by atoms with van der Waals surface area (Å²) in [5.41, 5.74) is -3.81. The Balaban J connectivity index is -0.000000213. The van der Waals surface area contributed by atoms with Crippen molar-refractivity contribution in [3.63, 3.8) is 0 Å². The van der Waals surface area contributed by atoms with E-state index in [2.05, 4.69) is 59.5 Å². The molecule has 111 heavy (non-hydrogen) atoms. The average molecular weight is 1910 g/mol. The van der Waals surface area contributed by atoms with Crippen LogP contribution >= 0.6 is 34.8 Å². The van der Waals surface area contributed by atoms with Crippen molar-refractivity contribution in [2.24, 2.45) is 0 Å². The maximum atomic E-state index is 13.3. The normalized spacial score (nSPS) is 11.0. The van der Waals surface area contributed by atoms with Crippen LogP contribution in [0.3, 0.4) is 0 Å². The van der Waals surface area contributed by atoms with Gasteiger partial charge in [0.05, 0.1) is 45.6 Å². The molecule has 0 aromatic carbocycles. The predicted octanol–water partition coefficient (Wildman–Crippen LogP) is -7.26. The smallest absolute Gasteiger partial charge is 2.00 e. The Kier molecular flexibility index (Phi) is 70.2. The molecule has 8 rings (SSSR count). The van der Waals surface area contributed by atoms with E-state index >= 15 is 0 Å². The van der Waals surface area contributed by atoms with Gasteiger partial charge in [-0.05, 0) is 123 Å². The summed E-state index contributed by atoms with van der Waals surface area (Å²) < 4.78 is 219. The number of hydrogen-bond acceptors (Lipinski definition) is 32. The Morgan fingerprint density at radius 3 is 0.486 bits per heavy atom. The van der Waals surface area contributed by atoms with Crippen molar-refractivity contribution in [3.8, 4) is 0 Å². The molecule has 3 radical (unpaired) electrons. The van der Waals surface area contributed by atoms with Crippen LogP contribution in [0.2, 0.25) is 0 Å². The number of pyridine rings is 8. The van der Waals surface area contributed by atoms with Crippen LogP contribution in [0.15, 0.2) is 195 Å². The summed E-state index contributed by atoms with van der Waals surface area (Å²) in [6, 6.07) is 46.8. The zero-order valence-corrected chi connectivity index (χ0v) is 66.6. The van der Waals surface area contributed by atoms with Gasteiger partial charge in [0.2, 0.25) is 0 Å². The van der Waals surface area contributed by atoms with E-state index in [0.717, 1.165) is 45.6 Å². The molecular formula is C57H59Cl6F6Mn4N12O24S2-12. The summed E-state index contributed by atoms with van der Waals surface area (Å²) in [7, 11) is -27.0. The second-order valence-corrected chi connectivity index (χ2v) is 26.7. The molecule has 36 nitrogen and oxygen atoms in total. The first-order valence-corrected chi connectivity index (χ1v) is 35.8. The first-order chi connectivity index (χ1) is 47.7. The first kappa shape index (κ1) is 122. The molecule has 627 valence electrons. The Bertz CT molecular complexity index is 3130. The molecule has 0 saturated heterocycles. The van der Waals surface area contributed by atoms with E-state index in [0.29, 0.717) is 78.5 Å². The molecule has 54 heteroatoms. The fourth-order valence-electron chi connectivity index (χ4n) is 7.77. The molecule has 0 saturated carbocycles. The molecule has 0 aliphatic heterocycles. The van der Waals surface area contributed by atoms with E-state index in [1.165, 1.54) is 0 Å². The van der Waals surface area contributed by atoms with Crippen molar-refractivity contribution in [2.75, 3.05) is 26.2 Å². The van der Waals surface area contributed by atoms with Gasteiger partial charge in [-0.15, -0.1) is 42.9 Å². The zero-order chi connectivity index (χ0) is 77.9. The molecule has 0 N–H and O–H groups in total. The van der Waals surface area contributed by atoms with Crippen LogP contribution in [-0.2, 0) is 163 Å². The maximum Gasteiger partial charge on any atom is 3.00 e. The molecule has 0 bridgehead atoms. The van der Waals surface area contributed by atoms with Gasteiger partial charge in [-0.2, -0.15) is 26.3 Å². The van der Waals surface area contributed by atoms with Crippen LogP contribution in [0.4, 0.5) is 26.3 Å². The van der Waals surface area contributed by atoms with E-state index in [4.69, 9.17) is 117 Å². The largest absolute Gasteiger partial charge is 3.00 e. The van der Waals surface area contributed by atoms with E-state index in [-0.39, 0.29) is 90.2 Å². The van der Waals surface area contributed by atoms with Gasteiger partial charge < -0.3 is 41.2 Å². The van der Waals surface area contributed by atoms with Crippen molar-refractivity contribution >= 4 is 55.0 Å². The minimum absolute atomic E-state index is 0. The number of hydrogen-bond donors (Lipinski definition) is 0. The zero-order valence-electron chi connectivity index (χ0n) is 55.7. The monoisotopic (exact) mass is 1900 g/mol. The van der Waals surface area contributed by atoms with Gasteiger partial charge >= 0.3 is 28.1 Å². The second-order valence-electron chi connectivity index (χ2n) is 19.7. The van der Waals surface area contributed by atoms with Crippen LogP contribution in [0, 0.1) is 30.7 Å². The van der Waals surface area contributed by atoms with Crippen molar-refractivity contribution in [2.45, 2.75) is 79.9 Å². The Labute approximate surface area is 695 Å². The molecule has 0 unspecified atom stereocenters. The Hall–Kier alpha value is -4.46. The van der Waals surface area contributed by atoms with Gasteiger partial charge in [0.25, 0.3) is 0 Å². The third-order valence-electron chi connectivity index (χ3n) is 11.3. The summed E-state index contributed by atoms with van der Waals surface area (Å²) in [5.74, 6) is 0. The van der Waals surface area contributed by atoms with E-state index in [9.17, 15) is 36.6 Å². The van der Waals surface area contributed by atoms with Crippen LogP contribution < -0.4 is 66.1 Å². The molecule has 0 spiro atoms. The van der Waals surface area contributed by atoms with Crippen LogP contribution in [0.1, 0.15) is 45.6 Å². The minimum Gasteiger partial charge on any atom is -2.00 e. The van der Waals surface area contributed by atoms with Gasteiger partial charge in [0.1, 0.15) is 0 Å². The van der Waals surface area contributed by atoms with E-state index in [1.807, 2.05) is 146 Å². The van der Waals surface area contributed by atoms with Crippen molar-refractivity contribution in [1.82, 2.24) is 59.5 Å². The summed E-state index contributed by atoms with van der Waals surface area (Å²) in [5, 5.41) is 26.7. The molecule has 0 amide bonds. The second kappa shape index (κ2) is 63.7. The Morgan fingerprint density at radius 2 is 0.414 bits per heavy atom. The first-order valence-electron chi connectivity index (χ1n) is 27.9. The molecule has 0 fully saturated rings. The van der Waals surface area contributed by atoms with Crippen molar-refractivity contribution < 1.29 is 239 Å². The van der Waals surface area contributed by atoms with Gasteiger partial charge in [-0.25, -0.2) is 72.7 Å². The number of halogens is 12. The summed E-state index contributed by atoms with van der Waals surface area (Å²) in [4.78, 5) is 44.1. The molecule has 0 aliphatic rings. The number of rotatable bonds is 24. The predicted molar refractivity (Wildman–Crippen MR) is 314 cm³/mol. The van der Waals surface area contributed by atoms with Gasteiger partial charge in [0.15, 0.2) is 24.5 Å². The molecule has 8 aromatic heterocycles. The molecule has 8 aromatic rings. The summed E-state index contributed by atoms with van der Waals surface area (Å²) >= 11 is 14.4. The van der Waals surface area contributed by atoms with Crippen molar-refractivity contribution in [1.29, 1.82) is 0 Å². The van der Waals surface area contributed by atoms with E-state index < -0.39 is 78.5 Å². The molecule has 8 heterocycles. The van der Waals surface area contributed by atoms with E-state index in [1.54, 1.807) is 49.6 Å². The average Bonchev–Trinajstić information content (AvgIpc) is 0.879. The van der Waals surface area contributed by atoms with Crippen LogP contribution in [-0.4, -0.2) is 139 Å². The number of alkyl halides is 9. The Morgan fingerprint density at radius 1 is 0.315 bits per heavy atom. The van der Waals surface area contributed by atoms with Gasteiger partial charge in [-0.3, -0.25) is 59.5 Å². The third-order valence-corrected chi connectivity index (χ3v) is 12.4. The summed E-state index contributed by atoms with van der Waals surface area (Å²) in [6.45, 7) is 6.28.